The fourth-order valence-corrected chi connectivity index (χ4v) is 3.53. The number of hydrogen-bond acceptors (Lipinski definition) is 3. The first kappa shape index (κ1) is 13.8. The number of rotatable bonds is 2. The van der Waals surface area contributed by atoms with E-state index in [0.29, 0.717) is 6.42 Å². The number of aliphatic hydroxyl groups excluding tert-OH is 1. The van der Waals surface area contributed by atoms with Crippen LogP contribution in [0.25, 0.3) is 0 Å². The molecule has 3 nitrogen and oxygen atoms in total. The molecule has 0 aromatic rings. The maximum absolute atomic E-state index is 11.8. The number of aliphatic hydroxyl groups is 2. The Hall–Kier alpha value is -0.670. The molecule has 1 fully saturated rings. The number of Topliss-reactive ketones (excluding diaryl/α,β-unsaturated/α-hetero) is 1. The second-order valence-electron chi connectivity index (χ2n) is 6.54. The lowest BCUT2D eigenvalue weighted by Gasteiger charge is -2.46. The molecular weight excluding hydrogens is 228 g/mol. The Balaban J connectivity index is 2.30. The van der Waals surface area contributed by atoms with E-state index in [9.17, 15) is 15.0 Å². The molecule has 3 heteroatoms. The summed E-state index contributed by atoms with van der Waals surface area (Å²) in [5.41, 5.74) is 1.24. The molecule has 0 aliphatic heterocycles. The minimum Gasteiger partial charge on any atom is -0.393 e. The quantitative estimate of drug-likeness (QED) is 0.792. The van der Waals surface area contributed by atoms with Crippen LogP contribution in [0.4, 0.5) is 0 Å². The topological polar surface area (TPSA) is 57.5 Å². The molecule has 0 heterocycles. The lowest BCUT2D eigenvalue weighted by Crippen LogP contribution is -2.44. The number of allylic oxidation sites excluding steroid dienone is 2. The molecule has 0 aromatic heterocycles. The van der Waals surface area contributed by atoms with Gasteiger partial charge in [0.1, 0.15) is 0 Å². The first-order valence-electron chi connectivity index (χ1n) is 6.87. The van der Waals surface area contributed by atoms with Crippen molar-refractivity contribution in [3.63, 3.8) is 0 Å². The van der Waals surface area contributed by atoms with Crippen LogP contribution in [0.3, 0.4) is 0 Å². The van der Waals surface area contributed by atoms with Crippen molar-refractivity contribution in [3.05, 3.63) is 11.1 Å². The monoisotopic (exact) mass is 252 g/mol. The van der Waals surface area contributed by atoms with E-state index in [1.807, 2.05) is 6.92 Å². The molecular formula is C15H24O3. The van der Waals surface area contributed by atoms with Gasteiger partial charge < -0.3 is 10.2 Å². The summed E-state index contributed by atoms with van der Waals surface area (Å²) >= 11 is 0. The predicted molar refractivity (Wildman–Crippen MR) is 70.1 cm³/mol. The van der Waals surface area contributed by atoms with Crippen molar-refractivity contribution >= 4 is 5.78 Å². The minimum atomic E-state index is -1.03. The third-order valence-electron chi connectivity index (χ3n) is 5.20. The minimum absolute atomic E-state index is 0.0615. The largest absolute Gasteiger partial charge is 0.393 e. The van der Waals surface area contributed by atoms with Crippen molar-refractivity contribution in [1.82, 2.24) is 0 Å². The molecule has 3 unspecified atom stereocenters. The van der Waals surface area contributed by atoms with Crippen LogP contribution in [0.15, 0.2) is 11.1 Å². The molecule has 102 valence electrons. The van der Waals surface area contributed by atoms with Crippen molar-refractivity contribution < 1.29 is 15.0 Å². The average Bonchev–Trinajstić information content (AvgIpc) is 2.34. The first-order valence-corrected chi connectivity index (χ1v) is 6.87. The zero-order valence-electron chi connectivity index (χ0n) is 11.6. The molecule has 0 bridgehead atoms. The van der Waals surface area contributed by atoms with E-state index in [1.54, 1.807) is 6.92 Å². The van der Waals surface area contributed by atoms with Gasteiger partial charge in [0.05, 0.1) is 12.2 Å². The summed E-state index contributed by atoms with van der Waals surface area (Å²) in [4.78, 5) is 11.8. The summed E-state index contributed by atoms with van der Waals surface area (Å²) in [6, 6.07) is 0. The van der Waals surface area contributed by atoms with Crippen LogP contribution in [-0.2, 0) is 4.79 Å². The molecule has 3 atom stereocenters. The van der Waals surface area contributed by atoms with Crippen LogP contribution in [0.1, 0.15) is 52.9 Å². The van der Waals surface area contributed by atoms with E-state index in [-0.39, 0.29) is 23.7 Å². The Morgan fingerprint density at radius 2 is 2.11 bits per heavy atom. The summed E-state index contributed by atoms with van der Waals surface area (Å²) in [7, 11) is 0. The van der Waals surface area contributed by atoms with Crippen molar-refractivity contribution in [1.29, 1.82) is 0 Å². The fourth-order valence-electron chi connectivity index (χ4n) is 3.53. The Bertz CT molecular complexity index is 395. The smallest absolute Gasteiger partial charge is 0.158 e. The SMILES string of the molecule is CC1=C2CC(C(C)(O)CO)CCC2(C)CCC1=O. The molecule has 0 radical (unpaired) electrons. The van der Waals surface area contributed by atoms with Crippen molar-refractivity contribution in [2.45, 2.75) is 58.5 Å². The second kappa shape index (κ2) is 4.46. The lowest BCUT2D eigenvalue weighted by atomic mass is 9.59. The number of carbonyl (C=O) groups excluding carboxylic acids is 1. The van der Waals surface area contributed by atoms with Gasteiger partial charge in [-0.25, -0.2) is 0 Å². The average molecular weight is 252 g/mol. The van der Waals surface area contributed by atoms with E-state index in [4.69, 9.17) is 0 Å². The zero-order valence-corrected chi connectivity index (χ0v) is 11.6. The van der Waals surface area contributed by atoms with E-state index < -0.39 is 5.60 Å². The van der Waals surface area contributed by atoms with Crippen molar-refractivity contribution in [3.8, 4) is 0 Å². The van der Waals surface area contributed by atoms with Gasteiger partial charge in [0.25, 0.3) is 0 Å². The summed E-state index contributed by atoms with van der Waals surface area (Å²) < 4.78 is 0. The number of hydrogen-bond donors (Lipinski definition) is 2. The molecule has 2 N–H and O–H groups in total. The Morgan fingerprint density at radius 3 is 2.72 bits per heavy atom. The summed E-state index contributed by atoms with van der Waals surface area (Å²) in [5, 5.41) is 19.5. The third-order valence-corrected chi connectivity index (χ3v) is 5.20. The second-order valence-corrected chi connectivity index (χ2v) is 6.54. The highest BCUT2D eigenvalue weighted by Gasteiger charge is 2.44. The van der Waals surface area contributed by atoms with Gasteiger partial charge in [0, 0.05) is 6.42 Å². The van der Waals surface area contributed by atoms with Crippen LogP contribution >= 0.6 is 0 Å². The molecule has 0 spiro atoms. The maximum Gasteiger partial charge on any atom is 0.158 e. The van der Waals surface area contributed by atoms with E-state index in [1.165, 1.54) is 5.57 Å². The van der Waals surface area contributed by atoms with Gasteiger partial charge in [-0.3, -0.25) is 4.79 Å². The summed E-state index contributed by atoms with van der Waals surface area (Å²) in [6.45, 7) is 5.64. The van der Waals surface area contributed by atoms with Crippen LogP contribution in [0.2, 0.25) is 0 Å². The predicted octanol–water partition coefficient (Wildman–Crippen LogP) is 2.22. The number of fused-ring (bicyclic) bond motifs is 1. The standard InChI is InChI=1S/C15H24O3/c1-10-12-8-11(15(3,18)9-16)4-6-14(12,2)7-5-13(10)17/h11,16,18H,4-9H2,1-3H3. The van der Waals surface area contributed by atoms with Gasteiger partial charge in [0.15, 0.2) is 5.78 Å². The van der Waals surface area contributed by atoms with E-state index in [0.717, 1.165) is 31.3 Å². The van der Waals surface area contributed by atoms with Crippen LogP contribution < -0.4 is 0 Å². The Labute approximate surface area is 109 Å². The van der Waals surface area contributed by atoms with E-state index >= 15 is 0 Å². The highest BCUT2D eigenvalue weighted by atomic mass is 16.3. The molecule has 0 amide bonds. The molecule has 2 rings (SSSR count). The zero-order chi connectivity index (χ0) is 13.6. The number of carbonyl (C=O) groups is 1. The van der Waals surface area contributed by atoms with Gasteiger partial charge >= 0.3 is 0 Å². The molecule has 18 heavy (non-hydrogen) atoms. The van der Waals surface area contributed by atoms with Gasteiger partial charge in [-0.05, 0) is 56.4 Å². The summed E-state index contributed by atoms with van der Waals surface area (Å²) in [6.07, 6.45) is 4.28. The van der Waals surface area contributed by atoms with Crippen molar-refractivity contribution in [2.24, 2.45) is 11.3 Å². The van der Waals surface area contributed by atoms with Crippen LogP contribution in [-0.4, -0.2) is 28.2 Å². The molecule has 2 aliphatic carbocycles. The molecule has 0 aromatic carbocycles. The van der Waals surface area contributed by atoms with Crippen LogP contribution in [0.5, 0.6) is 0 Å². The van der Waals surface area contributed by atoms with Gasteiger partial charge in [0.2, 0.25) is 0 Å². The van der Waals surface area contributed by atoms with Gasteiger partial charge in [-0.15, -0.1) is 0 Å². The maximum atomic E-state index is 11.8. The Morgan fingerprint density at radius 1 is 1.44 bits per heavy atom. The van der Waals surface area contributed by atoms with Crippen LogP contribution in [0, 0.1) is 11.3 Å². The highest BCUT2D eigenvalue weighted by molar-refractivity contribution is 5.96. The van der Waals surface area contributed by atoms with Gasteiger partial charge in [-0.1, -0.05) is 12.5 Å². The fraction of sp³-hybridized carbons (Fsp3) is 0.800. The molecule has 0 saturated heterocycles. The number of ketones is 1. The van der Waals surface area contributed by atoms with Crippen molar-refractivity contribution in [2.75, 3.05) is 6.61 Å². The Kier molecular flexibility index (Phi) is 3.41. The third kappa shape index (κ3) is 2.14. The lowest BCUT2D eigenvalue weighted by molar-refractivity contribution is -0.117. The molecule has 1 saturated carbocycles. The summed E-state index contributed by atoms with van der Waals surface area (Å²) in [5.74, 6) is 0.318. The highest BCUT2D eigenvalue weighted by Crippen LogP contribution is 2.51. The normalized spacial score (nSPS) is 36.3. The van der Waals surface area contributed by atoms with Gasteiger partial charge in [-0.2, -0.15) is 0 Å². The first-order chi connectivity index (χ1) is 8.30. The molecule has 2 aliphatic rings. The van der Waals surface area contributed by atoms with E-state index in [2.05, 4.69) is 6.92 Å².